The van der Waals surface area contributed by atoms with Crippen LogP contribution < -0.4 is 9.47 Å². The third kappa shape index (κ3) is 2.79. The number of ether oxygens (including phenoxy) is 2. The van der Waals surface area contributed by atoms with E-state index in [4.69, 9.17) is 21.1 Å². The third-order valence-corrected chi connectivity index (χ3v) is 6.86. The van der Waals surface area contributed by atoms with E-state index in [1.165, 1.54) is 13.3 Å². The molecule has 1 saturated carbocycles. The van der Waals surface area contributed by atoms with E-state index in [-0.39, 0.29) is 35.5 Å². The number of carbonyl (C=O) groups is 2. The molecule has 3 aliphatic rings. The second-order valence-corrected chi connectivity index (χ2v) is 7.96. The number of hydrogen-bond donors (Lipinski definition) is 0. The minimum atomic E-state index is -0.272. The number of methoxy groups -OCH3 is 1. The van der Waals surface area contributed by atoms with Gasteiger partial charge in [0.15, 0.2) is 11.5 Å². The van der Waals surface area contributed by atoms with E-state index < -0.39 is 0 Å². The Morgan fingerprint density at radius 2 is 1.93 bits per heavy atom. The van der Waals surface area contributed by atoms with Crippen LogP contribution in [0.15, 0.2) is 27.8 Å². The van der Waals surface area contributed by atoms with Crippen LogP contribution in [0.3, 0.4) is 0 Å². The fraction of sp³-hybridized carbons (Fsp3) is 0.421. The van der Waals surface area contributed by atoms with Gasteiger partial charge in [0.25, 0.3) is 11.8 Å². The highest BCUT2D eigenvalue weighted by molar-refractivity contribution is 9.10. The molecule has 8 heteroatoms. The van der Waals surface area contributed by atoms with E-state index in [0.29, 0.717) is 33.2 Å². The number of carbonyl (C=O) groups excluding carboxylic acids is 2. The van der Waals surface area contributed by atoms with E-state index in [1.807, 2.05) is 6.92 Å². The highest BCUT2D eigenvalue weighted by Crippen LogP contribution is 2.52. The molecule has 1 aromatic rings. The molecular weight excluding hydrogens is 436 g/mol. The zero-order chi connectivity index (χ0) is 19.3. The summed E-state index contributed by atoms with van der Waals surface area (Å²) in [5.74, 6) is 0.198. The van der Waals surface area contributed by atoms with Gasteiger partial charge in [-0.2, -0.15) is 10.1 Å². The second kappa shape index (κ2) is 6.95. The van der Waals surface area contributed by atoms with Gasteiger partial charge in [-0.25, -0.2) is 0 Å². The number of amides is 2. The molecule has 142 valence electrons. The molecule has 6 nitrogen and oxygen atoms in total. The van der Waals surface area contributed by atoms with Crippen LogP contribution in [0, 0.1) is 23.7 Å². The Labute approximate surface area is 170 Å². The molecule has 2 aliphatic carbocycles. The van der Waals surface area contributed by atoms with Crippen LogP contribution in [0.5, 0.6) is 11.5 Å². The van der Waals surface area contributed by atoms with Crippen LogP contribution in [0.4, 0.5) is 0 Å². The molecule has 2 bridgehead atoms. The second-order valence-electron chi connectivity index (χ2n) is 6.79. The number of hydrogen-bond acceptors (Lipinski definition) is 5. The first kappa shape index (κ1) is 18.5. The van der Waals surface area contributed by atoms with E-state index in [2.05, 4.69) is 33.2 Å². The molecule has 0 N–H and O–H groups in total. The largest absolute Gasteiger partial charge is 0.491 e. The van der Waals surface area contributed by atoms with Crippen LogP contribution >= 0.6 is 27.5 Å². The smallest absolute Gasteiger partial charge is 0.254 e. The predicted molar refractivity (Wildman–Crippen MR) is 104 cm³/mol. The zero-order valence-corrected chi connectivity index (χ0v) is 17.2. The quantitative estimate of drug-likeness (QED) is 0.388. The minimum Gasteiger partial charge on any atom is -0.491 e. The van der Waals surface area contributed by atoms with Gasteiger partial charge in [0.2, 0.25) is 0 Å². The molecule has 0 radical (unpaired) electrons. The summed E-state index contributed by atoms with van der Waals surface area (Å²) >= 11 is 9.76. The summed E-state index contributed by atoms with van der Waals surface area (Å²) in [6, 6.07) is 1.71. The molecule has 1 aliphatic heterocycles. The SMILES string of the molecule is CCOc1cc(C=NN2C(=O)C3C4C=CC(C4)C3C2=O)c(Br)c(Cl)c1OC. The van der Waals surface area contributed by atoms with Gasteiger partial charge < -0.3 is 9.47 Å². The Morgan fingerprint density at radius 3 is 2.48 bits per heavy atom. The van der Waals surface area contributed by atoms with Crippen molar-refractivity contribution in [1.29, 1.82) is 0 Å². The molecule has 27 heavy (non-hydrogen) atoms. The van der Waals surface area contributed by atoms with Crippen molar-refractivity contribution in [3.63, 3.8) is 0 Å². The number of rotatable bonds is 5. The standard InChI is InChI=1S/C19H18BrClN2O4/c1-3-27-12-7-11(15(20)16(21)17(12)26-2)8-22-23-18(24)13-9-4-5-10(6-9)14(13)19(23)25/h4-5,7-10,13-14H,3,6H2,1-2H3. The summed E-state index contributed by atoms with van der Waals surface area (Å²) in [5, 5.41) is 5.53. The maximum Gasteiger partial charge on any atom is 0.254 e. The molecule has 2 fully saturated rings. The van der Waals surface area contributed by atoms with Gasteiger partial charge in [0, 0.05) is 10.0 Å². The Kier molecular flexibility index (Phi) is 4.76. The number of allylic oxidation sites excluding steroid dienone is 2. The normalized spacial score (nSPS) is 28.5. The van der Waals surface area contributed by atoms with Crippen LogP contribution in [-0.2, 0) is 9.59 Å². The van der Waals surface area contributed by atoms with Crippen molar-refractivity contribution in [2.45, 2.75) is 13.3 Å². The van der Waals surface area contributed by atoms with Crippen LogP contribution in [0.2, 0.25) is 5.02 Å². The number of nitrogens with zero attached hydrogens (tertiary/aromatic N) is 2. The molecule has 4 unspecified atom stereocenters. The average Bonchev–Trinajstić information content (AvgIpc) is 3.32. The topological polar surface area (TPSA) is 68.2 Å². The van der Waals surface area contributed by atoms with E-state index >= 15 is 0 Å². The van der Waals surface area contributed by atoms with Crippen molar-refractivity contribution in [2.24, 2.45) is 28.8 Å². The maximum absolute atomic E-state index is 12.7. The molecule has 1 heterocycles. The molecule has 4 atom stereocenters. The summed E-state index contributed by atoms with van der Waals surface area (Å²) in [6.45, 7) is 2.29. The molecule has 1 saturated heterocycles. The summed E-state index contributed by atoms with van der Waals surface area (Å²) < 4.78 is 11.4. The summed E-state index contributed by atoms with van der Waals surface area (Å²) in [4.78, 5) is 25.4. The summed E-state index contributed by atoms with van der Waals surface area (Å²) in [6.07, 6.45) is 6.45. The molecule has 2 amide bonds. The Balaban J connectivity index is 1.64. The number of benzene rings is 1. The highest BCUT2D eigenvalue weighted by atomic mass is 79.9. The summed E-state index contributed by atoms with van der Waals surface area (Å²) in [7, 11) is 1.51. The average molecular weight is 454 g/mol. The lowest BCUT2D eigenvalue weighted by Crippen LogP contribution is -2.28. The van der Waals surface area contributed by atoms with Gasteiger partial charge in [-0.1, -0.05) is 23.8 Å². The highest BCUT2D eigenvalue weighted by Gasteiger charge is 2.59. The molecular formula is C19H18BrClN2O4. The molecule has 1 aromatic carbocycles. The Morgan fingerprint density at radius 1 is 1.30 bits per heavy atom. The van der Waals surface area contributed by atoms with Crippen molar-refractivity contribution in [3.8, 4) is 11.5 Å². The van der Waals surface area contributed by atoms with Crippen LogP contribution in [0.25, 0.3) is 0 Å². The Bertz CT molecular complexity index is 855. The fourth-order valence-electron chi connectivity index (χ4n) is 4.27. The van der Waals surface area contributed by atoms with Crippen molar-refractivity contribution in [3.05, 3.63) is 33.3 Å². The van der Waals surface area contributed by atoms with Crippen molar-refractivity contribution >= 4 is 45.6 Å². The van der Waals surface area contributed by atoms with Crippen molar-refractivity contribution in [2.75, 3.05) is 13.7 Å². The van der Waals surface area contributed by atoms with Gasteiger partial charge >= 0.3 is 0 Å². The third-order valence-electron chi connectivity index (χ3n) is 5.42. The number of imide groups is 1. The van der Waals surface area contributed by atoms with Gasteiger partial charge in [0.05, 0.1) is 31.8 Å². The lowest BCUT2D eigenvalue weighted by molar-refractivity contribution is -0.140. The maximum atomic E-state index is 12.7. The molecule has 0 aromatic heterocycles. The van der Waals surface area contributed by atoms with E-state index in [0.717, 1.165) is 11.4 Å². The molecule has 4 rings (SSSR count). The van der Waals surface area contributed by atoms with Crippen LogP contribution in [0.1, 0.15) is 18.9 Å². The van der Waals surface area contributed by atoms with Gasteiger partial charge in [-0.05, 0) is 47.2 Å². The first-order valence-electron chi connectivity index (χ1n) is 8.76. The monoisotopic (exact) mass is 452 g/mol. The van der Waals surface area contributed by atoms with Gasteiger partial charge in [-0.3, -0.25) is 9.59 Å². The van der Waals surface area contributed by atoms with Gasteiger partial charge in [0.1, 0.15) is 5.02 Å². The van der Waals surface area contributed by atoms with Crippen molar-refractivity contribution < 1.29 is 19.1 Å². The number of fused-ring (bicyclic) bond motifs is 5. The first-order chi connectivity index (χ1) is 13.0. The number of halogens is 2. The summed E-state index contributed by atoms with van der Waals surface area (Å²) in [5.41, 5.74) is 0.586. The van der Waals surface area contributed by atoms with Crippen LogP contribution in [-0.4, -0.2) is 36.8 Å². The number of hydrazone groups is 1. The molecule has 0 spiro atoms. The first-order valence-corrected chi connectivity index (χ1v) is 9.93. The van der Waals surface area contributed by atoms with Gasteiger partial charge in [-0.15, -0.1) is 0 Å². The lowest BCUT2D eigenvalue weighted by Gasteiger charge is -2.14. The predicted octanol–water partition coefficient (Wildman–Crippen LogP) is 3.65. The van der Waals surface area contributed by atoms with E-state index in [9.17, 15) is 9.59 Å². The van der Waals surface area contributed by atoms with E-state index in [1.54, 1.807) is 6.07 Å². The lowest BCUT2D eigenvalue weighted by atomic mass is 9.85. The fourth-order valence-corrected chi connectivity index (χ4v) is 4.95. The Hall–Kier alpha value is -1.86. The zero-order valence-electron chi connectivity index (χ0n) is 14.8. The van der Waals surface area contributed by atoms with Crippen molar-refractivity contribution in [1.82, 2.24) is 5.01 Å². The minimum absolute atomic E-state index is 0.156.